The van der Waals surface area contributed by atoms with Gasteiger partial charge in [0.1, 0.15) is 5.76 Å². The van der Waals surface area contributed by atoms with Gasteiger partial charge in [-0.05, 0) is 31.0 Å². The normalized spacial score (nSPS) is 17.4. The van der Waals surface area contributed by atoms with Gasteiger partial charge in [-0.2, -0.15) is 0 Å². The fourth-order valence-corrected chi connectivity index (χ4v) is 2.38. The van der Waals surface area contributed by atoms with Gasteiger partial charge in [0.15, 0.2) is 0 Å². The number of carbonyl (C=O) groups is 1. The molecule has 1 atom stereocenters. The van der Waals surface area contributed by atoms with E-state index in [4.69, 9.17) is 9.15 Å². The number of hydrogen-bond acceptors (Lipinski definition) is 5. The second-order valence-corrected chi connectivity index (χ2v) is 5.24. The minimum absolute atomic E-state index is 0.176. The molecule has 1 saturated heterocycles. The highest BCUT2D eigenvalue weighted by Gasteiger charge is 2.15. The molecule has 3 heterocycles. The van der Waals surface area contributed by atoms with E-state index in [2.05, 4.69) is 15.6 Å². The Balaban J connectivity index is 1.54. The summed E-state index contributed by atoms with van der Waals surface area (Å²) in [7, 11) is 0. The number of nitrogens with one attached hydrogen (secondary N) is 2. The standard InChI is InChI=1S/C16H19N3O3/c20-16(19-11-15-4-2-6-22-15)12-7-13(9-17-8-12)18-10-14-3-1-5-21-14/h2,4,6-9,14,18H,1,3,5,10-11H2,(H,19,20). The zero-order chi connectivity index (χ0) is 15.2. The van der Waals surface area contributed by atoms with Crippen LogP contribution in [0.1, 0.15) is 29.0 Å². The third-order valence-corrected chi connectivity index (χ3v) is 3.56. The maximum atomic E-state index is 12.1. The molecule has 2 aromatic rings. The molecule has 1 aliphatic rings. The fraction of sp³-hybridized carbons (Fsp3) is 0.375. The maximum Gasteiger partial charge on any atom is 0.253 e. The number of furan rings is 1. The lowest BCUT2D eigenvalue weighted by Gasteiger charge is -2.12. The van der Waals surface area contributed by atoms with Crippen molar-refractivity contribution in [3.8, 4) is 0 Å². The molecule has 1 aliphatic heterocycles. The van der Waals surface area contributed by atoms with Crippen molar-refractivity contribution in [1.82, 2.24) is 10.3 Å². The number of amides is 1. The molecule has 0 radical (unpaired) electrons. The van der Waals surface area contributed by atoms with Crippen LogP contribution in [0, 0.1) is 0 Å². The van der Waals surface area contributed by atoms with Crippen LogP contribution in [0.15, 0.2) is 41.3 Å². The highest BCUT2D eigenvalue weighted by molar-refractivity contribution is 5.94. The first-order chi connectivity index (χ1) is 10.8. The maximum absolute atomic E-state index is 12.1. The first-order valence-corrected chi connectivity index (χ1v) is 7.42. The number of pyridine rings is 1. The average Bonchev–Trinajstić information content (AvgIpc) is 3.24. The Morgan fingerprint density at radius 3 is 3.14 bits per heavy atom. The van der Waals surface area contributed by atoms with Crippen molar-refractivity contribution in [2.45, 2.75) is 25.5 Å². The van der Waals surface area contributed by atoms with Crippen LogP contribution in [0.3, 0.4) is 0 Å². The number of ether oxygens (including phenoxy) is 1. The molecule has 22 heavy (non-hydrogen) atoms. The van der Waals surface area contributed by atoms with E-state index in [0.717, 1.165) is 31.7 Å². The lowest BCUT2D eigenvalue weighted by Crippen LogP contribution is -2.23. The Kier molecular flexibility index (Phi) is 4.70. The molecular weight excluding hydrogens is 282 g/mol. The van der Waals surface area contributed by atoms with Crippen molar-refractivity contribution in [1.29, 1.82) is 0 Å². The third kappa shape index (κ3) is 3.85. The van der Waals surface area contributed by atoms with Gasteiger partial charge in [0.2, 0.25) is 0 Å². The Bertz CT molecular complexity index is 607. The Labute approximate surface area is 128 Å². The van der Waals surface area contributed by atoms with Gasteiger partial charge in [-0.3, -0.25) is 9.78 Å². The second-order valence-electron chi connectivity index (χ2n) is 5.24. The molecule has 6 heteroatoms. The van der Waals surface area contributed by atoms with Gasteiger partial charge in [0, 0.05) is 25.5 Å². The van der Waals surface area contributed by atoms with Gasteiger partial charge < -0.3 is 19.8 Å². The largest absolute Gasteiger partial charge is 0.467 e. The van der Waals surface area contributed by atoms with E-state index in [0.29, 0.717) is 17.9 Å². The van der Waals surface area contributed by atoms with E-state index in [1.807, 2.05) is 6.07 Å². The van der Waals surface area contributed by atoms with E-state index in [1.165, 1.54) is 0 Å². The van der Waals surface area contributed by atoms with Gasteiger partial charge in [-0.15, -0.1) is 0 Å². The average molecular weight is 301 g/mol. The minimum atomic E-state index is -0.176. The van der Waals surface area contributed by atoms with Crippen molar-refractivity contribution >= 4 is 11.6 Å². The summed E-state index contributed by atoms with van der Waals surface area (Å²) in [6, 6.07) is 5.40. The van der Waals surface area contributed by atoms with Gasteiger partial charge in [0.25, 0.3) is 5.91 Å². The van der Waals surface area contributed by atoms with Crippen LogP contribution in [0.25, 0.3) is 0 Å². The topological polar surface area (TPSA) is 76.4 Å². The molecule has 1 amide bonds. The lowest BCUT2D eigenvalue weighted by molar-refractivity contribution is 0.0947. The minimum Gasteiger partial charge on any atom is -0.467 e. The van der Waals surface area contributed by atoms with Crippen LogP contribution in [0.2, 0.25) is 0 Å². The second kappa shape index (κ2) is 7.09. The van der Waals surface area contributed by atoms with Crippen LogP contribution < -0.4 is 10.6 Å². The van der Waals surface area contributed by atoms with E-state index >= 15 is 0 Å². The molecule has 0 aromatic carbocycles. The molecule has 1 unspecified atom stereocenters. The van der Waals surface area contributed by atoms with Crippen molar-refractivity contribution < 1.29 is 13.9 Å². The molecular formula is C16H19N3O3. The molecule has 1 fully saturated rings. The summed E-state index contributed by atoms with van der Waals surface area (Å²) >= 11 is 0. The Hall–Kier alpha value is -2.34. The number of aromatic nitrogens is 1. The molecule has 3 rings (SSSR count). The zero-order valence-corrected chi connectivity index (χ0v) is 12.2. The Morgan fingerprint density at radius 2 is 2.36 bits per heavy atom. The fourth-order valence-electron chi connectivity index (χ4n) is 2.38. The van der Waals surface area contributed by atoms with Crippen LogP contribution in [-0.2, 0) is 11.3 Å². The molecule has 0 saturated carbocycles. The molecule has 0 spiro atoms. The third-order valence-electron chi connectivity index (χ3n) is 3.56. The number of anilines is 1. The summed E-state index contributed by atoms with van der Waals surface area (Å²) in [5.74, 6) is 0.540. The quantitative estimate of drug-likeness (QED) is 0.855. The van der Waals surface area contributed by atoms with Gasteiger partial charge >= 0.3 is 0 Å². The van der Waals surface area contributed by atoms with E-state index < -0.39 is 0 Å². The van der Waals surface area contributed by atoms with Crippen molar-refractivity contribution in [3.05, 3.63) is 48.2 Å². The van der Waals surface area contributed by atoms with Crippen LogP contribution >= 0.6 is 0 Å². The molecule has 6 nitrogen and oxygen atoms in total. The first-order valence-electron chi connectivity index (χ1n) is 7.42. The van der Waals surface area contributed by atoms with Crippen LogP contribution in [0.4, 0.5) is 5.69 Å². The monoisotopic (exact) mass is 301 g/mol. The Morgan fingerprint density at radius 1 is 1.41 bits per heavy atom. The summed E-state index contributed by atoms with van der Waals surface area (Å²) in [4.78, 5) is 16.2. The summed E-state index contributed by atoms with van der Waals surface area (Å²) in [6.07, 6.45) is 7.27. The van der Waals surface area contributed by atoms with Crippen molar-refractivity contribution in [2.75, 3.05) is 18.5 Å². The predicted molar refractivity (Wildman–Crippen MR) is 81.6 cm³/mol. The number of carbonyl (C=O) groups excluding carboxylic acids is 1. The highest BCUT2D eigenvalue weighted by Crippen LogP contribution is 2.14. The van der Waals surface area contributed by atoms with E-state index in [-0.39, 0.29) is 12.0 Å². The van der Waals surface area contributed by atoms with E-state index in [1.54, 1.807) is 30.8 Å². The summed E-state index contributed by atoms with van der Waals surface area (Å²) < 4.78 is 10.7. The number of nitrogens with zero attached hydrogens (tertiary/aromatic N) is 1. The molecule has 116 valence electrons. The van der Waals surface area contributed by atoms with Crippen molar-refractivity contribution in [2.24, 2.45) is 0 Å². The SMILES string of the molecule is O=C(NCc1ccco1)c1cncc(NCC2CCCO2)c1. The van der Waals surface area contributed by atoms with Gasteiger partial charge in [-0.25, -0.2) is 0 Å². The summed E-state index contributed by atoms with van der Waals surface area (Å²) in [5.41, 5.74) is 1.34. The summed E-state index contributed by atoms with van der Waals surface area (Å²) in [5, 5.41) is 6.07. The molecule has 2 aromatic heterocycles. The van der Waals surface area contributed by atoms with Gasteiger partial charge in [-0.1, -0.05) is 0 Å². The first kappa shape index (κ1) is 14.6. The number of rotatable bonds is 6. The highest BCUT2D eigenvalue weighted by atomic mass is 16.5. The molecule has 0 aliphatic carbocycles. The summed E-state index contributed by atoms with van der Waals surface area (Å²) in [6.45, 7) is 1.93. The zero-order valence-electron chi connectivity index (χ0n) is 12.2. The van der Waals surface area contributed by atoms with Crippen molar-refractivity contribution in [3.63, 3.8) is 0 Å². The smallest absolute Gasteiger partial charge is 0.253 e. The van der Waals surface area contributed by atoms with Crippen LogP contribution in [-0.4, -0.2) is 30.1 Å². The van der Waals surface area contributed by atoms with Crippen LogP contribution in [0.5, 0.6) is 0 Å². The molecule has 0 bridgehead atoms. The molecule has 2 N–H and O–H groups in total. The predicted octanol–water partition coefficient (Wildman–Crippen LogP) is 2.20. The number of hydrogen-bond donors (Lipinski definition) is 2. The van der Waals surface area contributed by atoms with Gasteiger partial charge in [0.05, 0.1) is 30.2 Å². The lowest BCUT2D eigenvalue weighted by atomic mass is 10.2. The van der Waals surface area contributed by atoms with E-state index in [9.17, 15) is 4.79 Å².